The molecule has 3 rings (SSSR count). The second kappa shape index (κ2) is 13.3. The maximum Gasteiger partial charge on any atom is 0.191 e. The van der Waals surface area contributed by atoms with E-state index < -0.39 is 5.60 Å². The first-order valence-corrected chi connectivity index (χ1v) is 11.7. The second-order valence-electron chi connectivity index (χ2n) is 8.70. The van der Waals surface area contributed by atoms with Gasteiger partial charge in [0.1, 0.15) is 5.60 Å². The molecular formula is C24H40IN7O. The molecule has 2 aromatic rings. The fourth-order valence-corrected chi connectivity index (χ4v) is 3.93. The van der Waals surface area contributed by atoms with E-state index in [0.29, 0.717) is 19.0 Å². The zero-order valence-corrected chi connectivity index (χ0v) is 22.7. The number of nitrogens with one attached hydrogen (secondary N) is 2. The molecular weight excluding hydrogens is 529 g/mol. The number of hydrogen-bond acceptors (Lipinski definition) is 5. The van der Waals surface area contributed by atoms with Gasteiger partial charge < -0.3 is 20.6 Å². The Morgan fingerprint density at radius 2 is 1.76 bits per heavy atom. The van der Waals surface area contributed by atoms with E-state index in [1.807, 2.05) is 20.2 Å². The van der Waals surface area contributed by atoms with Gasteiger partial charge in [0.05, 0.1) is 19.3 Å². The summed E-state index contributed by atoms with van der Waals surface area (Å²) in [4.78, 5) is 9.83. The summed E-state index contributed by atoms with van der Waals surface area (Å²) in [5.74, 6) is 0.697. The Hall–Kier alpha value is -1.69. The number of nitrogens with zero attached hydrogens (tertiary/aromatic N) is 5. The lowest BCUT2D eigenvalue weighted by molar-refractivity contribution is 0.0616. The molecule has 1 fully saturated rings. The molecule has 0 bridgehead atoms. The smallest absolute Gasteiger partial charge is 0.191 e. The van der Waals surface area contributed by atoms with Crippen LogP contribution in [0, 0.1) is 0 Å². The summed E-state index contributed by atoms with van der Waals surface area (Å²) in [5, 5.41) is 21.6. The molecule has 0 saturated carbocycles. The first kappa shape index (κ1) is 27.6. The molecule has 1 aromatic heterocycles. The second-order valence-corrected chi connectivity index (χ2v) is 8.70. The average molecular weight is 570 g/mol. The topological polar surface area (TPSA) is 81.0 Å². The number of aliphatic hydroxyl groups is 1. The molecule has 1 aromatic carbocycles. The molecule has 1 aliphatic heterocycles. The van der Waals surface area contributed by atoms with Crippen molar-refractivity contribution in [1.29, 1.82) is 0 Å². The van der Waals surface area contributed by atoms with Crippen LogP contribution < -0.4 is 10.6 Å². The van der Waals surface area contributed by atoms with Crippen molar-refractivity contribution < 1.29 is 5.11 Å². The Morgan fingerprint density at radius 3 is 2.36 bits per heavy atom. The van der Waals surface area contributed by atoms with E-state index in [-0.39, 0.29) is 24.0 Å². The number of aryl methyl sites for hydroxylation is 1. The highest BCUT2D eigenvalue weighted by atomic mass is 127. The van der Waals surface area contributed by atoms with Crippen molar-refractivity contribution in [1.82, 2.24) is 30.2 Å². The third-order valence-corrected chi connectivity index (χ3v) is 6.10. The highest BCUT2D eigenvalue weighted by molar-refractivity contribution is 14.0. The SMILES string of the molecule is CCNC(=NCc1ccccc1CN1CCN(CC)CC1)NCC(C)(O)c1cnn(C)c1.I. The van der Waals surface area contributed by atoms with Crippen LogP contribution in [0.4, 0.5) is 0 Å². The summed E-state index contributed by atoms with van der Waals surface area (Å²) in [6.07, 6.45) is 3.53. The molecule has 0 aliphatic carbocycles. The molecule has 0 spiro atoms. The molecule has 2 heterocycles. The number of rotatable bonds is 9. The van der Waals surface area contributed by atoms with Gasteiger partial charge in [-0.3, -0.25) is 9.58 Å². The van der Waals surface area contributed by atoms with E-state index >= 15 is 0 Å². The Balaban J connectivity index is 0.00000385. The molecule has 9 heteroatoms. The van der Waals surface area contributed by atoms with Crippen molar-refractivity contribution in [3.05, 3.63) is 53.3 Å². The molecule has 1 unspecified atom stereocenters. The minimum Gasteiger partial charge on any atom is -0.383 e. The Morgan fingerprint density at radius 1 is 1.09 bits per heavy atom. The number of aromatic nitrogens is 2. The summed E-state index contributed by atoms with van der Waals surface area (Å²) in [6, 6.07) is 8.57. The van der Waals surface area contributed by atoms with Gasteiger partial charge in [0, 0.05) is 58.1 Å². The zero-order chi connectivity index (χ0) is 23.0. The Bertz CT molecular complexity index is 875. The van der Waals surface area contributed by atoms with Gasteiger partial charge in [-0.25, -0.2) is 4.99 Å². The van der Waals surface area contributed by atoms with E-state index in [9.17, 15) is 5.11 Å². The normalized spacial score (nSPS) is 17.3. The van der Waals surface area contributed by atoms with Crippen molar-refractivity contribution in [2.75, 3.05) is 45.8 Å². The summed E-state index contributed by atoms with van der Waals surface area (Å²) in [6.45, 7) is 14.3. The summed E-state index contributed by atoms with van der Waals surface area (Å²) in [5.41, 5.74) is 2.31. The number of piperazine rings is 1. The van der Waals surface area contributed by atoms with Gasteiger partial charge >= 0.3 is 0 Å². The predicted octanol–water partition coefficient (Wildman–Crippen LogP) is 2.14. The van der Waals surface area contributed by atoms with Crippen molar-refractivity contribution in [3.8, 4) is 0 Å². The van der Waals surface area contributed by atoms with E-state index in [0.717, 1.165) is 51.4 Å². The quantitative estimate of drug-likeness (QED) is 0.244. The van der Waals surface area contributed by atoms with Crippen LogP contribution in [0.25, 0.3) is 0 Å². The first-order valence-electron chi connectivity index (χ1n) is 11.7. The minimum atomic E-state index is -1.04. The van der Waals surface area contributed by atoms with Crippen molar-refractivity contribution in [2.24, 2.45) is 12.0 Å². The predicted molar refractivity (Wildman–Crippen MR) is 145 cm³/mol. The van der Waals surface area contributed by atoms with E-state index in [2.05, 4.69) is 56.7 Å². The van der Waals surface area contributed by atoms with Crippen molar-refractivity contribution in [3.63, 3.8) is 0 Å². The lowest BCUT2D eigenvalue weighted by Crippen LogP contribution is -2.45. The molecule has 1 aliphatic rings. The number of halogens is 1. The third-order valence-electron chi connectivity index (χ3n) is 6.10. The van der Waals surface area contributed by atoms with Gasteiger partial charge in [0.25, 0.3) is 0 Å². The van der Waals surface area contributed by atoms with Gasteiger partial charge in [0.2, 0.25) is 0 Å². The van der Waals surface area contributed by atoms with Gasteiger partial charge in [-0.15, -0.1) is 24.0 Å². The lowest BCUT2D eigenvalue weighted by Gasteiger charge is -2.34. The largest absolute Gasteiger partial charge is 0.383 e. The summed E-state index contributed by atoms with van der Waals surface area (Å²) in [7, 11) is 1.85. The zero-order valence-electron chi connectivity index (χ0n) is 20.4. The standard InChI is InChI=1S/C24H39N7O.HI/c1-5-25-23(27-19-24(3,32)22-16-28-29(4)18-22)26-15-20-9-7-8-10-21(20)17-31-13-11-30(6-2)12-14-31;/h7-10,16,18,32H,5-6,11-15,17,19H2,1-4H3,(H2,25,26,27);1H. The summed E-state index contributed by atoms with van der Waals surface area (Å²) < 4.78 is 1.70. The fourth-order valence-electron chi connectivity index (χ4n) is 3.93. The van der Waals surface area contributed by atoms with Crippen LogP contribution in [0.2, 0.25) is 0 Å². The van der Waals surface area contributed by atoms with E-state index in [1.165, 1.54) is 11.1 Å². The van der Waals surface area contributed by atoms with Crippen LogP contribution in [0.3, 0.4) is 0 Å². The number of benzene rings is 1. The average Bonchev–Trinajstić information content (AvgIpc) is 3.24. The Kier molecular flexibility index (Phi) is 11.1. The van der Waals surface area contributed by atoms with E-state index in [1.54, 1.807) is 17.8 Å². The lowest BCUT2D eigenvalue weighted by atomic mass is 10.00. The molecule has 0 radical (unpaired) electrons. The molecule has 1 saturated heterocycles. The molecule has 8 nitrogen and oxygen atoms in total. The minimum absolute atomic E-state index is 0. The highest BCUT2D eigenvalue weighted by Crippen LogP contribution is 2.18. The highest BCUT2D eigenvalue weighted by Gasteiger charge is 2.25. The number of aliphatic imine (C=N–C) groups is 1. The summed E-state index contributed by atoms with van der Waals surface area (Å²) >= 11 is 0. The van der Waals surface area contributed by atoms with Gasteiger partial charge in [-0.1, -0.05) is 31.2 Å². The van der Waals surface area contributed by atoms with Gasteiger partial charge in [-0.2, -0.15) is 5.10 Å². The molecule has 0 amide bonds. The number of likely N-dealkylation sites (N-methyl/N-ethyl adjacent to an activating group) is 1. The van der Waals surface area contributed by atoms with Gasteiger partial charge in [-0.05, 0) is 31.5 Å². The van der Waals surface area contributed by atoms with Crippen LogP contribution in [-0.2, 0) is 25.7 Å². The molecule has 33 heavy (non-hydrogen) atoms. The number of guanidine groups is 1. The first-order chi connectivity index (χ1) is 15.4. The van der Waals surface area contributed by atoms with Crippen LogP contribution >= 0.6 is 24.0 Å². The van der Waals surface area contributed by atoms with Crippen molar-refractivity contribution in [2.45, 2.75) is 39.5 Å². The third kappa shape index (κ3) is 8.24. The van der Waals surface area contributed by atoms with Crippen molar-refractivity contribution >= 4 is 29.9 Å². The maximum atomic E-state index is 10.9. The molecule has 184 valence electrons. The molecule has 3 N–H and O–H groups in total. The van der Waals surface area contributed by atoms with Crippen LogP contribution in [-0.4, -0.2) is 76.5 Å². The Labute approximate surface area is 215 Å². The maximum absolute atomic E-state index is 10.9. The monoisotopic (exact) mass is 569 g/mol. The van der Waals surface area contributed by atoms with E-state index in [4.69, 9.17) is 4.99 Å². The molecule has 1 atom stereocenters. The fraction of sp³-hybridized carbons (Fsp3) is 0.583. The van der Waals surface area contributed by atoms with Gasteiger partial charge in [0.15, 0.2) is 5.96 Å². The van der Waals surface area contributed by atoms with Crippen LogP contribution in [0.5, 0.6) is 0 Å². The van der Waals surface area contributed by atoms with Crippen LogP contribution in [0.15, 0.2) is 41.7 Å². The van der Waals surface area contributed by atoms with Crippen LogP contribution in [0.1, 0.15) is 37.5 Å². The number of hydrogen-bond donors (Lipinski definition) is 3.